The van der Waals surface area contributed by atoms with Gasteiger partial charge in [-0.05, 0) is 137 Å². The van der Waals surface area contributed by atoms with Crippen molar-refractivity contribution in [2.24, 2.45) is 0 Å². The van der Waals surface area contributed by atoms with Crippen molar-refractivity contribution < 1.29 is 29.2 Å². The highest BCUT2D eigenvalue weighted by atomic mass is 16.6. The molecule has 0 spiro atoms. The molecule has 0 amide bonds. The number of ether oxygens (including phenoxy) is 3. The van der Waals surface area contributed by atoms with Crippen molar-refractivity contribution in [3.05, 3.63) is 76.4 Å². The van der Waals surface area contributed by atoms with Crippen LogP contribution in [0.1, 0.15) is 132 Å². The molecule has 0 heterocycles. The van der Waals surface area contributed by atoms with Crippen LogP contribution in [0.25, 0.3) is 0 Å². The fraction of sp³-hybridized carbons (Fsp3) is 0.625. The third-order valence-electron chi connectivity index (χ3n) is 8.47. The molecule has 0 saturated carbocycles. The predicted molar refractivity (Wildman–Crippen MR) is 191 cm³/mol. The molecule has 4 atom stereocenters. The number of hydrogen-bond donors (Lipinski definition) is 2. The lowest BCUT2D eigenvalue weighted by atomic mass is 9.85. The smallest absolute Gasteiger partial charge is 0.303 e. The quantitative estimate of drug-likeness (QED) is 0.0970. The third-order valence-corrected chi connectivity index (χ3v) is 8.47. The van der Waals surface area contributed by atoms with Crippen LogP contribution in [-0.4, -0.2) is 46.7 Å². The molecule has 0 saturated heterocycles. The lowest BCUT2D eigenvalue weighted by Gasteiger charge is -2.36. The van der Waals surface area contributed by atoms with E-state index in [1.54, 1.807) is 14.0 Å². The molecule has 1 rings (SSSR count). The maximum absolute atomic E-state index is 12.1. The second kappa shape index (κ2) is 21.3. The first-order chi connectivity index (χ1) is 21.6. The largest absolute Gasteiger partial charge is 0.497 e. The van der Waals surface area contributed by atoms with Crippen LogP contribution in [0.2, 0.25) is 0 Å². The average Bonchev–Trinajstić information content (AvgIpc) is 2.95. The van der Waals surface area contributed by atoms with Crippen LogP contribution in [0.15, 0.2) is 70.9 Å². The Hall–Kier alpha value is -2.67. The van der Waals surface area contributed by atoms with E-state index >= 15 is 0 Å². The highest BCUT2D eigenvalue weighted by Gasteiger charge is 2.38. The predicted octanol–water partition coefficient (Wildman–Crippen LogP) is 9.74. The third kappa shape index (κ3) is 17.9. The zero-order valence-electron chi connectivity index (χ0n) is 30.6. The molecule has 1 aromatic rings. The normalized spacial score (nSPS) is 16.1. The van der Waals surface area contributed by atoms with Crippen molar-refractivity contribution in [1.29, 1.82) is 0 Å². The fourth-order valence-electron chi connectivity index (χ4n) is 5.42. The summed E-state index contributed by atoms with van der Waals surface area (Å²) in [6.45, 7) is 17.9. The van der Waals surface area contributed by atoms with Crippen LogP contribution >= 0.6 is 0 Å². The summed E-state index contributed by atoms with van der Waals surface area (Å²) in [6.07, 6.45) is 14.7. The molecule has 0 aliphatic carbocycles. The van der Waals surface area contributed by atoms with Crippen LogP contribution in [0, 0.1) is 0 Å². The second-order valence-corrected chi connectivity index (χ2v) is 13.9. The summed E-state index contributed by atoms with van der Waals surface area (Å²) in [4.78, 5) is 12.1. The van der Waals surface area contributed by atoms with Gasteiger partial charge in [0.1, 0.15) is 11.9 Å². The van der Waals surface area contributed by atoms with E-state index in [0.29, 0.717) is 38.7 Å². The zero-order chi connectivity index (χ0) is 34.8. The Labute approximate surface area is 280 Å². The molecule has 46 heavy (non-hydrogen) atoms. The Morgan fingerprint density at radius 1 is 0.717 bits per heavy atom. The molecule has 0 fully saturated rings. The number of allylic oxidation sites excluding steroid dienone is 8. The Bertz CT molecular complexity index is 1140. The first-order valence-corrected chi connectivity index (χ1v) is 17.0. The van der Waals surface area contributed by atoms with Crippen molar-refractivity contribution in [2.45, 2.75) is 157 Å². The topological polar surface area (TPSA) is 85.2 Å². The molecule has 0 unspecified atom stereocenters. The number of hydrogen-bond acceptors (Lipinski definition) is 6. The van der Waals surface area contributed by atoms with Crippen LogP contribution < -0.4 is 4.74 Å². The summed E-state index contributed by atoms with van der Waals surface area (Å²) in [7, 11) is 1.63. The van der Waals surface area contributed by atoms with E-state index in [1.807, 2.05) is 31.2 Å². The summed E-state index contributed by atoms with van der Waals surface area (Å²) in [5.74, 6) is 0.332. The van der Waals surface area contributed by atoms with Crippen LogP contribution in [0.5, 0.6) is 5.75 Å². The Morgan fingerprint density at radius 3 is 1.61 bits per heavy atom. The van der Waals surface area contributed by atoms with Crippen LogP contribution in [-0.2, 0) is 20.9 Å². The Balaban J connectivity index is 3.05. The minimum absolute atomic E-state index is 0.313. The van der Waals surface area contributed by atoms with Crippen LogP contribution in [0.4, 0.5) is 0 Å². The molecule has 6 nitrogen and oxygen atoms in total. The van der Waals surface area contributed by atoms with Gasteiger partial charge in [-0.1, -0.05) is 58.7 Å². The van der Waals surface area contributed by atoms with Gasteiger partial charge >= 0.3 is 5.97 Å². The Kier molecular flexibility index (Phi) is 19.1. The summed E-state index contributed by atoms with van der Waals surface area (Å²) < 4.78 is 17.4. The highest BCUT2D eigenvalue weighted by Crippen LogP contribution is 2.31. The maximum atomic E-state index is 12.1. The number of aliphatic hydroxyl groups is 2. The monoisotopic (exact) mass is 640 g/mol. The van der Waals surface area contributed by atoms with Crippen molar-refractivity contribution >= 4 is 5.97 Å². The van der Waals surface area contributed by atoms with Gasteiger partial charge in [0.25, 0.3) is 0 Å². The van der Waals surface area contributed by atoms with Gasteiger partial charge in [0, 0.05) is 6.92 Å². The second-order valence-electron chi connectivity index (χ2n) is 13.9. The molecule has 0 aromatic heterocycles. The number of methoxy groups -OCH3 is 1. The molecule has 260 valence electrons. The van der Waals surface area contributed by atoms with E-state index in [-0.39, 0.29) is 0 Å². The lowest BCUT2D eigenvalue weighted by Crippen LogP contribution is -2.45. The molecular weight excluding hydrogens is 576 g/mol. The van der Waals surface area contributed by atoms with E-state index in [1.165, 1.54) is 29.2 Å². The van der Waals surface area contributed by atoms with E-state index in [9.17, 15) is 15.0 Å². The molecule has 2 N–H and O–H groups in total. The van der Waals surface area contributed by atoms with E-state index in [0.717, 1.165) is 43.4 Å². The lowest BCUT2D eigenvalue weighted by molar-refractivity contribution is -0.166. The molecule has 0 aliphatic heterocycles. The number of carbonyl (C=O) groups excluding carboxylic acids is 1. The summed E-state index contributed by atoms with van der Waals surface area (Å²) in [6, 6.07) is 7.68. The van der Waals surface area contributed by atoms with Gasteiger partial charge in [-0.15, -0.1) is 0 Å². The molecular formula is C40H64O6. The minimum Gasteiger partial charge on any atom is -0.497 e. The van der Waals surface area contributed by atoms with E-state index in [2.05, 4.69) is 65.8 Å². The van der Waals surface area contributed by atoms with Gasteiger partial charge in [0.15, 0.2) is 0 Å². The van der Waals surface area contributed by atoms with Gasteiger partial charge in [-0.25, -0.2) is 0 Å². The van der Waals surface area contributed by atoms with Gasteiger partial charge in [0.05, 0.1) is 31.0 Å². The minimum atomic E-state index is -1.24. The molecule has 1 aromatic carbocycles. The number of esters is 1. The SMILES string of the molecule is COc1ccc(CO[C@@H](CC[C@H](OC(C)=O)[C@](C)(O)CC/C=C(/C)CCC=C(C)C)[C@@](C)(O)CC/C=C(/C)CCC=C(C)C)cc1. The van der Waals surface area contributed by atoms with Crippen molar-refractivity contribution in [2.75, 3.05) is 7.11 Å². The number of benzene rings is 1. The number of rotatable bonds is 22. The van der Waals surface area contributed by atoms with Gasteiger partial charge in [-0.2, -0.15) is 0 Å². The first kappa shape index (κ1) is 41.4. The van der Waals surface area contributed by atoms with Crippen molar-refractivity contribution in [1.82, 2.24) is 0 Å². The molecule has 6 heteroatoms. The molecule has 0 bridgehead atoms. The summed E-state index contributed by atoms with van der Waals surface area (Å²) >= 11 is 0. The van der Waals surface area contributed by atoms with Gasteiger partial charge < -0.3 is 24.4 Å². The fourth-order valence-corrected chi connectivity index (χ4v) is 5.42. The van der Waals surface area contributed by atoms with Crippen molar-refractivity contribution in [3.63, 3.8) is 0 Å². The van der Waals surface area contributed by atoms with E-state index in [4.69, 9.17) is 14.2 Å². The maximum Gasteiger partial charge on any atom is 0.303 e. The van der Waals surface area contributed by atoms with Gasteiger partial charge in [0.2, 0.25) is 0 Å². The Morgan fingerprint density at radius 2 is 1.17 bits per heavy atom. The van der Waals surface area contributed by atoms with Gasteiger partial charge in [-0.3, -0.25) is 4.79 Å². The molecule has 0 aliphatic rings. The van der Waals surface area contributed by atoms with E-state index < -0.39 is 29.4 Å². The first-order valence-electron chi connectivity index (χ1n) is 17.0. The zero-order valence-corrected chi connectivity index (χ0v) is 30.6. The van der Waals surface area contributed by atoms with Crippen molar-refractivity contribution in [3.8, 4) is 5.75 Å². The molecule has 0 radical (unpaired) electrons. The van der Waals surface area contributed by atoms with Crippen LogP contribution in [0.3, 0.4) is 0 Å². The standard InChI is InChI=1S/C40H64O6/c1-30(2)15-11-17-32(5)19-13-27-39(8,42)37(45-29-35-21-23-36(44-10)24-22-35)25-26-38(46-34(7)41)40(9,43)28-14-20-33(6)18-12-16-31(3)4/h15-16,19-24,37-38,42-43H,11-14,17-18,25-29H2,1-10H3/b32-19-,33-20-/t37-,38-,39-,40+/m0/s1. The number of carbonyl (C=O) groups is 1. The summed E-state index contributed by atoms with van der Waals surface area (Å²) in [5.41, 5.74) is 3.80. The highest BCUT2D eigenvalue weighted by molar-refractivity contribution is 5.66. The summed E-state index contributed by atoms with van der Waals surface area (Å²) in [5, 5.41) is 23.3. The average molecular weight is 641 g/mol.